The lowest BCUT2D eigenvalue weighted by atomic mass is 10.2. The Kier molecular flexibility index (Phi) is 4.24. The maximum Gasteiger partial charge on any atom is 0.275 e. The van der Waals surface area contributed by atoms with Crippen molar-refractivity contribution in [3.8, 4) is 0 Å². The fourth-order valence-corrected chi connectivity index (χ4v) is 4.66. The summed E-state index contributed by atoms with van der Waals surface area (Å²) < 4.78 is 23.1. The molecular formula is C11H17N3O3S2. The van der Waals surface area contributed by atoms with Gasteiger partial charge in [0, 0.05) is 19.1 Å². The highest BCUT2D eigenvalue weighted by Gasteiger charge is 2.28. The second-order valence-electron chi connectivity index (χ2n) is 4.68. The Bertz CT molecular complexity index is 567. The number of nitrogens with zero attached hydrogens (tertiary/aromatic N) is 1. The van der Waals surface area contributed by atoms with Crippen molar-refractivity contribution in [1.29, 1.82) is 0 Å². The van der Waals surface area contributed by atoms with Crippen molar-refractivity contribution < 1.29 is 13.2 Å². The van der Waals surface area contributed by atoms with Gasteiger partial charge in [-0.2, -0.15) is 0 Å². The number of amides is 1. The van der Waals surface area contributed by atoms with Gasteiger partial charge in [-0.15, -0.1) is 11.3 Å². The molecule has 106 valence electrons. The molecule has 0 aromatic carbocycles. The third kappa shape index (κ3) is 3.33. The van der Waals surface area contributed by atoms with E-state index in [1.165, 1.54) is 11.3 Å². The molecule has 3 N–H and O–H groups in total. The number of sulfone groups is 1. The Labute approximate surface area is 116 Å². The molecule has 6 nitrogen and oxygen atoms in total. The topological polar surface area (TPSA) is 92.5 Å². The van der Waals surface area contributed by atoms with Crippen LogP contribution < -0.4 is 11.3 Å². The molecule has 1 atom stereocenters. The van der Waals surface area contributed by atoms with Gasteiger partial charge in [0.05, 0.1) is 16.4 Å². The van der Waals surface area contributed by atoms with Crippen LogP contribution in [0.4, 0.5) is 0 Å². The number of hydrogen-bond acceptors (Lipinski definition) is 6. The van der Waals surface area contributed by atoms with Gasteiger partial charge in [-0.25, -0.2) is 14.3 Å². The number of nitrogens with one attached hydrogen (secondary N) is 1. The third-order valence-electron chi connectivity index (χ3n) is 3.27. The van der Waals surface area contributed by atoms with Crippen LogP contribution in [0.2, 0.25) is 0 Å². The highest BCUT2D eigenvalue weighted by molar-refractivity contribution is 7.91. The lowest BCUT2D eigenvalue weighted by Gasteiger charge is -2.33. The van der Waals surface area contributed by atoms with Gasteiger partial charge >= 0.3 is 0 Å². The van der Waals surface area contributed by atoms with Crippen molar-refractivity contribution in [3.05, 3.63) is 21.9 Å². The van der Waals surface area contributed by atoms with Crippen LogP contribution in [0.1, 0.15) is 22.2 Å². The fourth-order valence-electron chi connectivity index (χ4n) is 2.21. The highest BCUT2D eigenvalue weighted by atomic mass is 32.2. The minimum atomic E-state index is -2.91. The number of nitrogen functional groups attached to an aromatic ring is 1. The zero-order valence-corrected chi connectivity index (χ0v) is 12.3. The largest absolute Gasteiger partial charge is 0.294 e. The summed E-state index contributed by atoms with van der Waals surface area (Å²) in [5.74, 6) is 5.20. The van der Waals surface area contributed by atoms with E-state index in [1.54, 1.807) is 0 Å². The SMILES string of the molecule is CC1CS(=O)(=O)CCN1Cc1ccsc1C(=O)NN. The summed E-state index contributed by atoms with van der Waals surface area (Å²) in [7, 11) is -2.91. The van der Waals surface area contributed by atoms with Crippen molar-refractivity contribution >= 4 is 27.1 Å². The number of thiophene rings is 1. The van der Waals surface area contributed by atoms with E-state index >= 15 is 0 Å². The van der Waals surface area contributed by atoms with E-state index in [2.05, 4.69) is 10.3 Å². The third-order valence-corrected chi connectivity index (χ3v) is 6.02. The van der Waals surface area contributed by atoms with Crippen molar-refractivity contribution in [2.45, 2.75) is 19.5 Å². The Morgan fingerprint density at radius 3 is 3.00 bits per heavy atom. The average Bonchev–Trinajstić information content (AvgIpc) is 2.79. The number of hydrazine groups is 1. The molecule has 0 bridgehead atoms. The molecule has 0 spiro atoms. The van der Waals surface area contributed by atoms with E-state index in [9.17, 15) is 13.2 Å². The van der Waals surface area contributed by atoms with E-state index < -0.39 is 9.84 Å². The minimum Gasteiger partial charge on any atom is -0.294 e. The van der Waals surface area contributed by atoms with Crippen LogP contribution in [0.25, 0.3) is 0 Å². The molecule has 1 saturated heterocycles. The quantitative estimate of drug-likeness (QED) is 0.465. The number of carbonyl (C=O) groups is 1. The number of hydrogen-bond donors (Lipinski definition) is 2. The van der Waals surface area contributed by atoms with E-state index in [-0.39, 0.29) is 23.5 Å². The molecule has 1 aromatic rings. The summed E-state index contributed by atoms with van der Waals surface area (Å²) in [5, 5.41) is 1.84. The van der Waals surface area contributed by atoms with Crippen LogP contribution in [0.5, 0.6) is 0 Å². The minimum absolute atomic E-state index is 0.0348. The molecule has 0 radical (unpaired) electrons. The van der Waals surface area contributed by atoms with Crippen molar-refractivity contribution in [1.82, 2.24) is 10.3 Å². The maximum atomic E-state index is 11.6. The molecular weight excluding hydrogens is 286 g/mol. The van der Waals surface area contributed by atoms with E-state index in [0.717, 1.165) is 5.56 Å². The Hall–Kier alpha value is -0.960. The second-order valence-corrected chi connectivity index (χ2v) is 7.83. The lowest BCUT2D eigenvalue weighted by Crippen LogP contribution is -2.46. The number of nitrogens with two attached hydrogens (primary N) is 1. The Morgan fingerprint density at radius 1 is 1.63 bits per heavy atom. The molecule has 1 aliphatic rings. The van der Waals surface area contributed by atoms with Gasteiger partial charge in [0.1, 0.15) is 0 Å². The monoisotopic (exact) mass is 303 g/mol. The smallest absolute Gasteiger partial charge is 0.275 e. The summed E-state index contributed by atoms with van der Waals surface area (Å²) in [5.41, 5.74) is 3.01. The van der Waals surface area contributed by atoms with Crippen molar-refractivity contribution in [2.75, 3.05) is 18.1 Å². The van der Waals surface area contributed by atoms with Gasteiger partial charge in [0.25, 0.3) is 5.91 Å². The molecule has 1 amide bonds. The van der Waals surface area contributed by atoms with E-state index in [4.69, 9.17) is 5.84 Å². The number of carbonyl (C=O) groups excluding carboxylic acids is 1. The van der Waals surface area contributed by atoms with Crippen molar-refractivity contribution in [3.63, 3.8) is 0 Å². The zero-order chi connectivity index (χ0) is 14.0. The lowest BCUT2D eigenvalue weighted by molar-refractivity contribution is 0.0955. The second kappa shape index (κ2) is 5.58. The molecule has 2 rings (SSSR count). The Morgan fingerprint density at radius 2 is 2.37 bits per heavy atom. The fraction of sp³-hybridized carbons (Fsp3) is 0.545. The standard InChI is InChI=1S/C11H17N3O3S2/c1-8-7-19(16,17)5-3-14(8)6-9-2-4-18-10(9)11(15)13-12/h2,4,8H,3,5-7,12H2,1H3,(H,13,15). The van der Waals surface area contributed by atoms with Gasteiger partial charge in [0.15, 0.2) is 9.84 Å². The average molecular weight is 303 g/mol. The molecule has 1 fully saturated rings. The summed E-state index contributed by atoms with van der Waals surface area (Å²) in [6.45, 7) is 2.97. The van der Waals surface area contributed by atoms with Gasteiger partial charge < -0.3 is 0 Å². The normalized spacial score (nSPS) is 23.2. The van der Waals surface area contributed by atoms with Gasteiger partial charge in [-0.1, -0.05) is 0 Å². The maximum absolute atomic E-state index is 11.6. The van der Waals surface area contributed by atoms with Crippen LogP contribution in [0, 0.1) is 0 Å². The van der Waals surface area contributed by atoms with E-state index in [0.29, 0.717) is 18.0 Å². The molecule has 1 unspecified atom stereocenters. The molecule has 1 aromatic heterocycles. The molecule has 0 aliphatic carbocycles. The summed E-state index contributed by atoms with van der Waals surface area (Å²) >= 11 is 1.33. The summed E-state index contributed by atoms with van der Waals surface area (Å²) in [4.78, 5) is 14.2. The molecule has 19 heavy (non-hydrogen) atoms. The molecule has 8 heteroatoms. The first kappa shape index (κ1) is 14.4. The first-order chi connectivity index (χ1) is 8.93. The Balaban J connectivity index is 2.10. The van der Waals surface area contributed by atoms with Gasteiger partial charge in [-0.05, 0) is 23.9 Å². The number of rotatable bonds is 3. The van der Waals surface area contributed by atoms with E-state index in [1.807, 2.05) is 18.4 Å². The van der Waals surface area contributed by atoms with Crippen LogP contribution in [-0.2, 0) is 16.4 Å². The first-order valence-corrected chi connectivity index (χ1v) is 8.65. The predicted octanol–water partition coefficient (Wildman–Crippen LogP) is -0.0295. The zero-order valence-electron chi connectivity index (χ0n) is 10.6. The van der Waals surface area contributed by atoms with Crippen LogP contribution >= 0.6 is 11.3 Å². The first-order valence-electron chi connectivity index (χ1n) is 5.95. The predicted molar refractivity (Wildman–Crippen MR) is 74.5 cm³/mol. The summed E-state index contributed by atoms with van der Waals surface area (Å²) in [6, 6.07) is 1.85. The molecule has 0 saturated carbocycles. The van der Waals surface area contributed by atoms with Crippen LogP contribution in [-0.4, -0.2) is 43.3 Å². The summed E-state index contributed by atoms with van der Waals surface area (Å²) in [6.07, 6.45) is 0. The van der Waals surface area contributed by atoms with Crippen LogP contribution in [0.15, 0.2) is 11.4 Å². The van der Waals surface area contributed by atoms with Gasteiger partial charge in [0.2, 0.25) is 0 Å². The van der Waals surface area contributed by atoms with Crippen molar-refractivity contribution in [2.24, 2.45) is 5.84 Å². The molecule has 2 heterocycles. The van der Waals surface area contributed by atoms with Gasteiger partial charge in [-0.3, -0.25) is 15.1 Å². The highest BCUT2D eigenvalue weighted by Crippen LogP contribution is 2.21. The van der Waals surface area contributed by atoms with Crippen LogP contribution in [0.3, 0.4) is 0 Å². The molecule has 1 aliphatic heterocycles.